The molecule has 0 unspecified atom stereocenters. The minimum Gasteiger partial charge on any atom is -1.00 e. The van der Waals surface area contributed by atoms with E-state index in [1.807, 2.05) is 14.1 Å². The summed E-state index contributed by atoms with van der Waals surface area (Å²) in [5, 5.41) is 0. The van der Waals surface area contributed by atoms with E-state index in [4.69, 9.17) is 0 Å². The van der Waals surface area contributed by atoms with Gasteiger partial charge in [0.15, 0.2) is 6.21 Å². The zero-order chi connectivity index (χ0) is 8.27. The van der Waals surface area contributed by atoms with Gasteiger partial charge >= 0.3 is 0 Å². The number of aryl methyl sites for hydroxylation is 1. The molecule has 0 bridgehead atoms. The van der Waals surface area contributed by atoms with E-state index in [-0.39, 0.29) is 12.4 Å². The molecule has 0 amide bonds. The molecule has 0 saturated carbocycles. The van der Waals surface area contributed by atoms with E-state index in [0.717, 1.165) is 0 Å². The zero-order valence-electron chi connectivity index (χ0n) is 7.71. The minimum atomic E-state index is 0. The molecule has 0 aromatic heterocycles. The van der Waals surface area contributed by atoms with Crippen LogP contribution in [0.1, 0.15) is 11.1 Å². The predicted molar refractivity (Wildman–Crippen MR) is 48.5 cm³/mol. The van der Waals surface area contributed by atoms with E-state index in [1.165, 1.54) is 11.1 Å². The Bertz CT molecular complexity index is 275. The largest absolute Gasteiger partial charge is 1.00 e. The minimum absolute atomic E-state index is 0. The fourth-order valence-corrected chi connectivity index (χ4v) is 1.05. The van der Waals surface area contributed by atoms with Gasteiger partial charge in [0.2, 0.25) is 0 Å². The zero-order valence-corrected chi connectivity index (χ0v) is 8.47. The molecule has 1 rings (SSSR count). The summed E-state index contributed by atoms with van der Waals surface area (Å²) in [5.74, 6) is 0. The predicted octanol–water partition coefficient (Wildman–Crippen LogP) is -1.31. The molecule has 0 aliphatic heterocycles. The van der Waals surface area contributed by atoms with E-state index < -0.39 is 0 Å². The molecular weight excluding hydrogens is 170 g/mol. The molecular formula is C10H14ClN. The lowest BCUT2D eigenvalue weighted by atomic mass is 10.1. The van der Waals surface area contributed by atoms with Gasteiger partial charge < -0.3 is 12.4 Å². The molecule has 0 saturated heterocycles. The van der Waals surface area contributed by atoms with Gasteiger partial charge in [-0.1, -0.05) is 17.7 Å². The van der Waals surface area contributed by atoms with E-state index >= 15 is 0 Å². The van der Waals surface area contributed by atoms with Crippen LogP contribution in [0, 0.1) is 6.92 Å². The van der Waals surface area contributed by atoms with Crippen molar-refractivity contribution in [3.05, 3.63) is 35.4 Å². The molecule has 12 heavy (non-hydrogen) atoms. The Morgan fingerprint density at radius 1 is 1.25 bits per heavy atom. The van der Waals surface area contributed by atoms with E-state index in [0.29, 0.717) is 0 Å². The Morgan fingerprint density at radius 3 is 2.42 bits per heavy atom. The molecule has 0 atom stereocenters. The fraction of sp³-hybridized carbons (Fsp3) is 0.300. The van der Waals surface area contributed by atoms with Crippen LogP contribution in [0.25, 0.3) is 0 Å². The number of halogens is 1. The number of nitrogens with zero attached hydrogens (tertiary/aromatic N) is 1. The van der Waals surface area contributed by atoms with Gasteiger partial charge in [0.1, 0.15) is 14.1 Å². The Morgan fingerprint density at radius 2 is 1.92 bits per heavy atom. The summed E-state index contributed by atoms with van der Waals surface area (Å²) in [6, 6.07) is 8.45. The summed E-state index contributed by atoms with van der Waals surface area (Å²) in [6.07, 6.45) is 2.10. The molecule has 2 heteroatoms. The van der Waals surface area contributed by atoms with Crippen LogP contribution in [0.15, 0.2) is 24.3 Å². The van der Waals surface area contributed by atoms with Gasteiger partial charge in [0, 0.05) is 5.56 Å². The van der Waals surface area contributed by atoms with Gasteiger partial charge in [-0.3, -0.25) is 0 Å². The maximum absolute atomic E-state index is 2.17. The molecule has 66 valence electrons. The lowest BCUT2D eigenvalue weighted by Gasteiger charge is -1.92. The van der Waals surface area contributed by atoms with Crippen LogP contribution < -0.4 is 12.4 Å². The van der Waals surface area contributed by atoms with E-state index in [9.17, 15) is 0 Å². The first kappa shape index (κ1) is 11.2. The summed E-state index contributed by atoms with van der Waals surface area (Å²) in [5.41, 5.74) is 2.57. The molecule has 1 aromatic rings. The van der Waals surface area contributed by atoms with Crippen molar-refractivity contribution in [2.24, 2.45) is 0 Å². The monoisotopic (exact) mass is 183 g/mol. The highest BCUT2D eigenvalue weighted by atomic mass is 35.5. The number of benzene rings is 1. The summed E-state index contributed by atoms with van der Waals surface area (Å²) in [6.45, 7) is 2.10. The van der Waals surface area contributed by atoms with Crippen molar-refractivity contribution in [2.75, 3.05) is 14.1 Å². The first-order valence-corrected chi connectivity index (χ1v) is 3.76. The maximum Gasteiger partial charge on any atom is 0.170 e. The first-order valence-electron chi connectivity index (χ1n) is 3.76. The van der Waals surface area contributed by atoms with Gasteiger partial charge in [-0.2, -0.15) is 0 Å². The van der Waals surface area contributed by atoms with Crippen molar-refractivity contribution < 1.29 is 17.0 Å². The smallest absolute Gasteiger partial charge is 0.170 e. The quantitative estimate of drug-likeness (QED) is 0.376. The molecule has 0 aliphatic carbocycles. The van der Waals surface area contributed by atoms with Gasteiger partial charge in [0.05, 0.1) is 0 Å². The molecule has 0 N–H and O–H groups in total. The van der Waals surface area contributed by atoms with Crippen molar-refractivity contribution in [1.29, 1.82) is 0 Å². The van der Waals surface area contributed by atoms with Gasteiger partial charge in [-0.25, -0.2) is 4.58 Å². The topological polar surface area (TPSA) is 3.01 Å². The third-order valence-corrected chi connectivity index (χ3v) is 1.45. The normalized spacial score (nSPS) is 8.58. The third kappa shape index (κ3) is 3.54. The van der Waals surface area contributed by atoms with Crippen molar-refractivity contribution in [3.63, 3.8) is 0 Å². The highest BCUT2D eigenvalue weighted by Gasteiger charge is 1.91. The van der Waals surface area contributed by atoms with Crippen molar-refractivity contribution in [3.8, 4) is 0 Å². The lowest BCUT2D eigenvalue weighted by Crippen LogP contribution is -3.00. The average Bonchev–Trinajstić information content (AvgIpc) is 1.85. The van der Waals surface area contributed by atoms with E-state index in [2.05, 4.69) is 42.0 Å². The van der Waals surface area contributed by atoms with Crippen LogP contribution in [-0.2, 0) is 0 Å². The Hall–Kier alpha value is -0.820. The summed E-state index contributed by atoms with van der Waals surface area (Å²) < 4.78 is 2.05. The molecule has 0 spiro atoms. The molecule has 0 radical (unpaired) electrons. The second-order valence-corrected chi connectivity index (χ2v) is 3.01. The van der Waals surface area contributed by atoms with Crippen molar-refractivity contribution in [2.45, 2.75) is 6.92 Å². The average molecular weight is 184 g/mol. The number of hydrogen-bond donors (Lipinski definition) is 0. The Kier molecular flexibility index (Phi) is 4.60. The first-order chi connectivity index (χ1) is 5.18. The Balaban J connectivity index is 0.00000121. The Labute approximate surface area is 80.1 Å². The molecule has 0 heterocycles. The van der Waals surface area contributed by atoms with Crippen LogP contribution in [0.3, 0.4) is 0 Å². The molecule has 1 aromatic carbocycles. The summed E-state index contributed by atoms with van der Waals surface area (Å²) >= 11 is 0. The fourth-order valence-electron chi connectivity index (χ4n) is 1.05. The molecule has 0 aliphatic rings. The van der Waals surface area contributed by atoms with Crippen LogP contribution >= 0.6 is 0 Å². The highest BCUT2D eigenvalue weighted by Crippen LogP contribution is 2.00. The second kappa shape index (κ2) is 4.94. The molecule has 0 fully saturated rings. The van der Waals surface area contributed by atoms with Gasteiger partial charge in [-0.05, 0) is 19.1 Å². The molecule has 1 nitrogen and oxygen atoms in total. The van der Waals surface area contributed by atoms with Gasteiger partial charge in [0.25, 0.3) is 0 Å². The summed E-state index contributed by atoms with van der Waals surface area (Å²) in [7, 11) is 4.06. The van der Waals surface area contributed by atoms with Crippen molar-refractivity contribution >= 4 is 6.21 Å². The second-order valence-electron chi connectivity index (χ2n) is 3.01. The number of rotatable bonds is 1. The lowest BCUT2D eigenvalue weighted by molar-refractivity contribution is -0.458. The number of hydrogen-bond acceptors (Lipinski definition) is 0. The highest BCUT2D eigenvalue weighted by molar-refractivity contribution is 5.75. The van der Waals surface area contributed by atoms with Crippen molar-refractivity contribution in [1.82, 2.24) is 0 Å². The third-order valence-electron chi connectivity index (χ3n) is 1.45. The van der Waals surface area contributed by atoms with Crippen LogP contribution in [-0.4, -0.2) is 24.9 Å². The standard InChI is InChI=1S/C10H14N.ClH/c1-9-5-4-6-10(7-9)8-11(2)3;/h4-8H,1-3H3;1H/q+1;/p-1. The maximum atomic E-state index is 2.17. The van der Waals surface area contributed by atoms with E-state index in [1.54, 1.807) is 0 Å². The SMILES string of the molecule is Cc1cccc(C=[N+](C)C)c1.[Cl-]. The summed E-state index contributed by atoms with van der Waals surface area (Å²) in [4.78, 5) is 0. The van der Waals surface area contributed by atoms with Gasteiger partial charge in [-0.15, -0.1) is 0 Å². The van der Waals surface area contributed by atoms with Crippen LogP contribution in [0.4, 0.5) is 0 Å². The van der Waals surface area contributed by atoms with Crippen LogP contribution in [0.2, 0.25) is 0 Å². The van der Waals surface area contributed by atoms with Crippen LogP contribution in [0.5, 0.6) is 0 Å².